The van der Waals surface area contributed by atoms with Gasteiger partial charge in [0.1, 0.15) is 5.15 Å². The maximum atomic E-state index is 13.2. The van der Waals surface area contributed by atoms with E-state index >= 15 is 0 Å². The van der Waals surface area contributed by atoms with E-state index in [-0.39, 0.29) is 24.1 Å². The third-order valence-electron chi connectivity index (χ3n) is 11.3. The number of urea groups is 2. The van der Waals surface area contributed by atoms with Crippen LogP contribution >= 0.6 is 11.6 Å². The number of carbonyl (C=O) groups excluding carboxylic acids is 2. The monoisotopic (exact) mass is 882 g/mol. The van der Waals surface area contributed by atoms with Gasteiger partial charge < -0.3 is 19.8 Å². The van der Waals surface area contributed by atoms with E-state index in [1.807, 2.05) is 38.2 Å². The van der Waals surface area contributed by atoms with E-state index in [2.05, 4.69) is 81.3 Å². The predicted octanol–water partition coefficient (Wildman–Crippen LogP) is 5.73. The number of aromatic nitrogens is 8. The minimum atomic E-state index is -1.40. The lowest BCUT2D eigenvalue weighted by Crippen LogP contribution is -2.48. The average Bonchev–Trinajstić information content (AvgIpc) is 3.92. The molecule has 4 aliphatic heterocycles. The minimum absolute atomic E-state index is 0.0839. The molecule has 328 valence electrons. The summed E-state index contributed by atoms with van der Waals surface area (Å²) in [6, 6.07) is 14.8. The van der Waals surface area contributed by atoms with E-state index in [4.69, 9.17) is 26.6 Å². The van der Waals surface area contributed by atoms with Crippen LogP contribution in [0, 0.1) is 0 Å². The summed E-state index contributed by atoms with van der Waals surface area (Å²) in [5, 5.41) is 23.7. The van der Waals surface area contributed by atoms with E-state index in [0.29, 0.717) is 45.7 Å². The van der Waals surface area contributed by atoms with Crippen LogP contribution in [0.2, 0.25) is 5.15 Å². The number of hydrogen-bond acceptors (Lipinski definition) is 14. The van der Waals surface area contributed by atoms with Crippen LogP contribution in [0.5, 0.6) is 0 Å². The molecule has 4 amide bonds. The first kappa shape index (κ1) is 43.8. The fraction of sp³-hybridized carbons (Fsp3) is 0.318. The van der Waals surface area contributed by atoms with Gasteiger partial charge in [-0.2, -0.15) is 0 Å². The van der Waals surface area contributed by atoms with Crippen molar-refractivity contribution in [2.75, 3.05) is 56.4 Å². The molecule has 2 atom stereocenters. The van der Waals surface area contributed by atoms with Crippen molar-refractivity contribution in [1.82, 2.24) is 39.9 Å². The van der Waals surface area contributed by atoms with Crippen molar-refractivity contribution in [3.8, 4) is 11.3 Å². The molecule has 0 aliphatic carbocycles. The van der Waals surface area contributed by atoms with E-state index in [1.165, 1.54) is 18.6 Å². The Morgan fingerprint density at radius 2 is 1.20 bits per heavy atom. The van der Waals surface area contributed by atoms with Gasteiger partial charge >= 0.3 is 19.2 Å². The third-order valence-corrected chi connectivity index (χ3v) is 11.5. The Bertz CT molecular complexity index is 2570. The van der Waals surface area contributed by atoms with E-state index in [9.17, 15) is 9.59 Å². The minimum Gasteiger partial charge on any atom is -0.423 e. The average molecular weight is 883 g/mol. The topological polar surface area (TPSA) is 215 Å². The van der Waals surface area contributed by atoms with Crippen LogP contribution in [0.1, 0.15) is 63.8 Å². The molecule has 10 heterocycles. The lowest BCUT2D eigenvalue weighted by molar-refractivity contribution is 0.254. The molecule has 6 aromatic heterocycles. The first-order chi connectivity index (χ1) is 30.9. The van der Waals surface area contributed by atoms with Gasteiger partial charge in [0, 0.05) is 80.3 Å². The maximum Gasteiger partial charge on any atom is 0.488 e. The number of fused-ring (bicyclic) bond motifs is 8. The zero-order valence-electron chi connectivity index (χ0n) is 35.8. The first-order valence-corrected chi connectivity index (χ1v) is 21.5. The highest BCUT2D eigenvalue weighted by Crippen LogP contribution is 2.41. The van der Waals surface area contributed by atoms with Crippen LogP contribution in [-0.4, -0.2) is 107 Å². The van der Waals surface area contributed by atoms with Gasteiger partial charge in [0.15, 0.2) is 23.3 Å². The Hall–Kier alpha value is -6.83. The number of pyridine rings is 4. The van der Waals surface area contributed by atoms with Gasteiger partial charge in [-0.3, -0.25) is 40.4 Å². The van der Waals surface area contributed by atoms with Gasteiger partial charge in [0.05, 0.1) is 41.5 Å². The smallest absolute Gasteiger partial charge is 0.423 e. The highest BCUT2D eigenvalue weighted by Gasteiger charge is 2.42. The van der Waals surface area contributed by atoms with E-state index in [1.54, 1.807) is 52.8 Å². The predicted molar refractivity (Wildman–Crippen MR) is 247 cm³/mol. The largest absolute Gasteiger partial charge is 0.488 e. The molecule has 6 aromatic rings. The Morgan fingerprint density at radius 3 is 1.73 bits per heavy atom. The summed E-state index contributed by atoms with van der Waals surface area (Å²) in [6.07, 6.45) is 14.5. The molecule has 0 saturated carbocycles. The second-order valence-corrected chi connectivity index (χ2v) is 16.6. The summed E-state index contributed by atoms with van der Waals surface area (Å²) >= 11 is 6.01. The van der Waals surface area contributed by atoms with Crippen molar-refractivity contribution in [1.29, 1.82) is 0 Å². The van der Waals surface area contributed by atoms with Gasteiger partial charge in [-0.15, -0.1) is 0 Å². The van der Waals surface area contributed by atoms with Crippen molar-refractivity contribution in [3.05, 3.63) is 115 Å². The Balaban J connectivity index is 0.000000144. The summed E-state index contributed by atoms with van der Waals surface area (Å²) in [5.41, 5.74) is 6.14. The van der Waals surface area contributed by atoms with Crippen molar-refractivity contribution in [2.24, 2.45) is 0 Å². The number of nitrogens with one attached hydrogen (secondary N) is 2. The zero-order chi connectivity index (χ0) is 44.9. The molecule has 0 radical (unpaired) electrons. The summed E-state index contributed by atoms with van der Waals surface area (Å²) in [6.45, 7) is 11.7. The van der Waals surface area contributed by atoms with Gasteiger partial charge in [-0.25, -0.2) is 29.5 Å². The van der Waals surface area contributed by atoms with Crippen molar-refractivity contribution in [3.63, 3.8) is 0 Å². The van der Waals surface area contributed by atoms with Crippen LogP contribution in [0.4, 0.5) is 44.2 Å². The molecule has 4 bridgehead atoms. The van der Waals surface area contributed by atoms with E-state index < -0.39 is 7.12 Å². The fourth-order valence-electron chi connectivity index (χ4n) is 8.01. The standard InChI is InChI=1S/C22H23N7O.C14H13ClN6O.C8H12BNO2/c1-14(2)18-11-15(5-7-24-18)17-3-4-19-21(26-17)29(16-6-10-28(19)13-16)22(30)27-20-12-23-8-9-25-20;15-11-2-1-10-13(18-11)21(9-3-6-20(10)8-9)14(22)19-12-7-16-4-5-17-12;1-6(2)8-5-7(9(11)12)3-4-10-8/h3-5,7-9,11-12,14,16H,6,10,13H2,1-2H3,(H,25,27,30);1-2,4-5,7,9H,3,6,8H2,(H,17,19,22);3-6,11-12H,1-2H3/t16-;9-;/m00./s1. The van der Waals surface area contributed by atoms with Crippen LogP contribution < -0.4 is 35.7 Å². The Labute approximate surface area is 376 Å². The van der Waals surface area contributed by atoms with Crippen molar-refractivity contribution < 1.29 is 19.6 Å². The Morgan fingerprint density at radius 1 is 0.672 bits per heavy atom. The molecule has 2 saturated heterocycles. The van der Waals surface area contributed by atoms with Crippen LogP contribution in [-0.2, 0) is 0 Å². The maximum absolute atomic E-state index is 13.2. The number of carbonyl (C=O) groups is 2. The summed E-state index contributed by atoms with van der Waals surface area (Å²) in [4.78, 5) is 67.9. The third kappa shape index (κ3) is 9.70. The first-order valence-electron chi connectivity index (χ1n) is 21.1. The van der Waals surface area contributed by atoms with Crippen LogP contribution in [0.25, 0.3) is 11.3 Å². The molecule has 4 N–H and O–H groups in total. The number of halogens is 1. The number of nitrogens with zero attached hydrogens (tertiary/aromatic N) is 12. The second-order valence-electron chi connectivity index (χ2n) is 16.2. The number of hydrogen-bond donors (Lipinski definition) is 4. The van der Waals surface area contributed by atoms with Crippen molar-refractivity contribution >= 4 is 70.9 Å². The molecule has 0 aromatic carbocycles. The van der Waals surface area contributed by atoms with Crippen molar-refractivity contribution in [2.45, 2.75) is 64.5 Å². The van der Waals surface area contributed by atoms with Crippen LogP contribution in [0.3, 0.4) is 0 Å². The quantitative estimate of drug-likeness (QED) is 0.116. The van der Waals surface area contributed by atoms with E-state index in [0.717, 1.165) is 73.0 Å². The Kier molecular flexibility index (Phi) is 13.2. The van der Waals surface area contributed by atoms with Gasteiger partial charge in [0.25, 0.3) is 0 Å². The summed E-state index contributed by atoms with van der Waals surface area (Å²) in [7, 11) is -1.40. The lowest BCUT2D eigenvalue weighted by Gasteiger charge is -2.35. The second kappa shape index (κ2) is 19.3. The molecular formula is C44H48BClN14O4. The zero-order valence-corrected chi connectivity index (χ0v) is 36.6. The highest BCUT2D eigenvalue weighted by atomic mass is 35.5. The molecule has 18 nitrogen and oxygen atoms in total. The SMILES string of the molecule is CC(C)c1cc(-c2ccc3c(n2)N(C(=O)Nc2cnccn2)[C@H]2CCN3C2)ccn1.CC(C)c1cc(B(O)O)ccn1.O=C(Nc1cnccn1)N1c2nc(Cl)ccc2N2CC[C@H]1C2. The van der Waals surface area contributed by atoms with Gasteiger partial charge in [-0.05, 0) is 78.7 Å². The normalized spacial score (nSPS) is 16.6. The molecule has 4 aliphatic rings. The fourth-order valence-corrected chi connectivity index (χ4v) is 8.16. The molecule has 2 fully saturated rings. The van der Waals surface area contributed by atoms with Gasteiger partial charge in [0.2, 0.25) is 0 Å². The molecule has 0 unspecified atom stereocenters. The highest BCUT2D eigenvalue weighted by molar-refractivity contribution is 6.58. The van der Waals surface area contributed by atoms with Gasteiger partial charge in [-0.1, -0.05) is 39.3 Å². The number of rotatable bonds is 6. The van der Waals surface area contributed by atoms with Crippen LogP contribution in [0.15, 0.2) is 98.1 Å². The molecule has 20 heteroatoms. The number of anilines is 6. The summed E-state index contributed by atoms with van der Waals surface area (Å²) < 4.78 is 0. The number of amides is 4. The molecule has 0 spiro atoms. The lowest BCUT2D eigenvalue weighted by atomic mass is 9.80. The molecule has 10 rings (SSSR count). The molecular weight excluding hydrogens is 835 g/mol. The molecule has 64 heavy (non-hydrogen) atoms. The summed E-state index contributed by atoms with van der Waals surface area (Å²) in [5.74, 6) is 2.77.